The zero-order chi connectivity index (χ0) is 10.0. The van der Waals surface area contributed by atoms with Crippen molar-refractivity contribution in [2.24, 2.45) is 5.73 Å². The van der Waals surface area contributed by atoms with Gasteiger partial charge in [-0.2, -0.15) is 0 Å². The van der Waals surface area contributed by atoms with E-state index < -0.39 is 18.0 Å². The van der Waals surface area contributed by atoms with Gasteiger partial charge in [-0.1, -0.05) is 6.07 Å². The number of hydrogen-bond donors (Lipinski definition) is 3. The molecule has 2 atom stereocenters. The fourth-order valence-electron chi connectivity index (χ4n) is 1.05. The van der Waals surface area contributed by atoms with Crippen molar-refractivity contribution in [2.45, 2.75) is 19.1 Å². The van der Waals surface area contributed by atoms with Crippen LogP contribution in [0.15, 0.2) is 18.2 Å². The molecule has 0 aliphatic heterocycles. The minimum Gasteiger partial charge on any atom is -0.396 e. The van der Waals surface area contributed by atoms with Crippen LogP contribution >= 0.6 is 0 Å². The molecule has 72 valence electrons. The molecule has 0 fully saturated rings. The summed E-state index contributed by atoms with van der Waals surface area (Å²) in [4.78, 5) is 0. The van der Waals surface area contributed by atoms with Crippen LogP contribution < -0.4 is 11.5 Å². The van der Waals surface area contributed by atoms with E-state index >= 15 is 0 Å². The number of benzene rings is 1. The Kier molecular flexibility index (Phi) is 2.85. The zero-order valence-electron chi connectivity index (χ0n) is 7.37. The molecule has 0 bridgehead atoms. The first-order chi connectivity index (χ1) is 6.02. The number of nitrogens with two attached hydrogens (primary N) is 2. The van der Waals surface area contributed by atoms with E-state index in [4.69, 9.17) is 11.5 Å². The van der Waals surface area contributed by atoms with Crippen LogP contribution in [0.2, 0.25) is 0 Å². The molecule has 0 heterocycles. The fourth-order valence-corrected chi connectivity index (χ4v) is 1.05. The molecule has 0 spiro atoms. The number of anilines is 1. The van der Waals surface area contributed by atoms with Gasteiger partial charge in [0.05, 0.1) is 17.8 Å². The number of hydrogen-bond acceptors (Lipinski definition) is 3. The van der Waals surface area contributed by atoms with E-state index in [1.165, 1.54) is 18.2 Å². The van der Waals surface area contributed by atoms with Crippen molar-refractivity contribution in [1.29, 1.82) is 0 Å². The van der Waals surface area contributed by atoms with Gasteiger partial charge < -0.3 is 16.6 Å². The van der Waals surface area contributed by atoms with E-state index in [9.17, 15) is 9.50 Å². The Labute approximate surface area is 76.2 Å². The maximum atomic E-state index is 12.7. The lowest BCUT2D eigenvalue weighted by molar-refractivity contribution is 0.164. The molecule has 0 aliphatic rings. The van der Waals surface area contributed by atoms with Gasteiger partial charge in [-0.3, -0.25) is 0 Å². The summed E-state index contributed by atoms with van der Waals surface area (Å²) in [6.07, 6.45) is -0.676. The molecule has 1 unspecified atom stereocenters. The van der Waals surface area contributed by atoms with Gasteiger partial charge in [-0.25, -0.2) is 4.39 Å². The van der Waals surface area contributed by atoms with Crippen molar-refractivity contribution in [3.8, 4) is 0 Å². The van der Waals surface area contributed by atoms with Crippen LogP contribution in [0.25, 0.3) is 0 Å². The highest BCUT2D eigenvalue weighted by molar-refractivity contribution is 5.43. The van der Waals surface area contributed by atoms with Crippen molar-refractivity contribution < 1.29 is 9.50 Å². The maximum absolute atomic E-state index is 12.7. The Bertz CT molecular complexity index is 302. The van der Waals surface area contributed by atoms with Crippen LogP contribution in [-0.4, -0.2) is 11.2 Å². The second kappa shape index (κ2) is 3.72. The van der Waals surface area contributed by atoms with Crippen LogP contribution in [0.4, 0.5) is 10.1 Å². The molecule has 1 aromatic rings. The van der Waals surface area contributed by atoms with Gasteiger partial charge in [-0.05, 0) is 24.6 Å². The minimum absolute atomic E-state index is 0.0496. The first-order valence-electron chi connectivity index (χ1n) is 4.01. The first kappa shape index (κ1) is 9.95. The monoisotopic (exact) mass is 184 g/mol. The molecule has 5 N–H and O–H groups in total. The number of halogens is 1. The molecule has 0 saturated heterocycles. The second-order valence-corrected chi connectivity index (χ2v) is 3.05. The van der Waals surface area contributed by atoms with Crippen molar-refractivity contribution >= 4 is 5.69 Å². The number of aliphatic hydroxyl groups excluding tert-OH is 1. The summed E-state index contributed by atoms with van der Waals surface area (Å²) in [5.41, 5.74) is 11.7. The van der Waals surface area contributed by atoms with Crippen molar-refractivity contribution in [2.75, 3.05) is 5.73 Å². The van der Waals surface area contributed by atoms with E-state index in [1.54, 1.807) is 6.92 Å². The van der Waals surface area contributed by atoms with Gasteiger partial charge in [0.25, 0.3) is 0 Å². The SMILES string of the molecule is CC(O)[C@@H](N)c1ccc(F)c(N)c1. The lowest BCUT2D eigenvalue weighted by Gasteiger charge is -2.15. The summed E-state index contributed by atoms with van der Waals surface area (Å²) in [5, 5.41) is 9.17. The van der Waals surface area contributed by atoms with Crippen LogP contribution in [0.1, 0.15) is 18.5 Å². The smallest absolute Gasteiger partial charge is 0.146 e. The number of nitrogen functional groups attached to an aromatic ring is 1. The van der Waals surface area contributed by atoms with Crippen molar-refractivity contribution in [3.05, 3.63) is 29.6 Å². The third kappa shape index (κ3) is 2.17. The highest BCUT2D eigenvalue weighted by atomic mass is 19.1. The van der Waals surface area contributed by atoms with E-state index in [1.807, 2.05) is 0 Å². The third-order valence-electron chi connectivity index (χ3n) is 1.92. The molecule has 1 rings (SSSR count). The average Bonchev–Trinajstić information content (AvgIpc) is 2.08. The molecular weight excluding hydrogens is 171 g/mol. The molecule has 0 amide bonds. The largest absolute Gasteiger partial charge is 0.396 e. The summed E-state index contributed by atoms with van der Waals surface area (Å²) in [5.74, 6) is -0.471. The van der Waals surface area contributed by atoms with E-state index in [0.29, 0.717) is 5.56 Å². The Balaban J connectivity index is 2.97. The predicted molar refractivity (Wildman–Crippen MR) is 49.4 cm³/mol. The van der Waals surface area contributed by atoms with E-state index in [2.05, 4.69) is 0 Å². The Morgan fingerprint density at radius 1 is 1.46 bits per heavy atom. The second-order valence-electron chi connectivity index (χ2n) is 3.05. The normalized spacial score (nSPS) is 15.4. The highest BCUT2D eigenvalue weighted by Crippen LogP contribution is 2.19. The van der Waals surface area contributed by atoms with Gasteiger partial charge in [0.15, 0.2) is 0 Å². The molecule has 3 nitrogen and oxygen atoms in total. The Morgan fingerprint density at radius 3 is 2.54 bits per heavy atom. The minimum atomic E-state index is -0.676. The topological polar surface area (TPSA) is 72.3 Å². The standard InChI is InChI=1S/C9H13FN2O/c1-5(13)9(12)6-2-3-7(10)8(11)4-6/h2-5,9,13H,11-12H2,1H3/t5?,9-/m1/s1. The quantitative estimate of drug-likeness (QED) is 0.595. The number of aliphatic hydroxyl groups is 1. The van der Waals surface area contributed by atoms with Gasteiger partial charge >= 0.3 is 0 Å². The molecule has 13 heavy (non-hydrogen) atoms. The van der Waals surface area contributed by atoms with Crippen LogP contribution in [0.3, 0.4) is 0 Å². The Morgan fingerprint density at radius 2 is 2.08 bits per heavy atom. The van der Waals surface area contributed by atoms with E-state index in [-0.39, 0.29) is 5.69 Å². The molecular formula is C9H13FN2O. The lowest BCUT2D eigenvalue weighted by atomic mass is 10.0. The fraction of sp³-hybridized carbons (Fsp3) is 0.333. The van der Waals surface area contributed by atoms with Crippen LogP contribution in [0.5, 0.6) is 0 Å². The number of rotatable bonds is 2. The maximum Gasteiger partial charge on any atom is 0.146 e. The molecule has 0 radical (unpaired) electrons. The van der Waals surface area contributed by atoms with Crippen molar-refractivity contribution in [1.82, 2.24) is 0 Å². The molecule has 0 aliphatic carbocycles. The lowest BCUT2D eigenvalue weighted by Crippen LogP contribution is -2.23. The average molecular weight is 184 g/mol. The summed E-state index contributed by atoms with van der Waals surface area (Å²) >= 11 is 0. The third-order valence-corrected chi connectivity index (χ3v) is 1.92. The van der Waals surface area contributed by atoms with Gasteiger partial charge in [0, 0.05) is 0 Å². The Hall–Kier alpha value is -1.13. The summed E-state index contributed by atoms with van der Waals surface area (Å²) in [7, 11) is 0. The van der Waals surface area contributed by atoms with Crippen LogP contribution in [-0.2, 0) is 0 Å². The molecule has 1 aromatic carbocycles. The molecule has 0 aromatic heterocycles. The van der Waals surface area contributed by atoms with E-state index in [0.717, 1.165) is 0 Å². The summed E-state index contributed by atoms with van der Waals surface area (Å²) in [6.45, 7) is 1.57. The molecule has 4 heteroatoms. The zero-order valence-corrected chi connectivity index (χ0v) is 7.37. The summed E-state index contributed by atoms with van der Waals surface area (Å²) < 4.78 is 12.7. The molecule has 0 saturated carbocycles. The van der Waals surface area contributed by atoms with Crippen molar-refractivity contribution in [3.63, 3.8) is 0 Å². The highest BCUT2D eigenvalue weighted by Gasteiger charge is 2.12. The first-order valence-corrected chi connectivity index (χ1v) is 4.01. The van der Waals surface area contributed by atoms with Crippen LogP contribution in [0, 0.1) is 5.82 Å². The summed E-state index contributed by atoms with van der Waals surface area (Å²) in [6, 6.07) is 3.67. The van der Waals surface area contributed by atoms with Gasteiger partial charge in [0.1, 0.15) is 5.82 Å². The predicted octanol–water partition coefficient (Wildman–Crippen LogP) is 0.789. The van der Waals surface area contributed by atoms with Gasteiger partial charge in [-0.15, -0.1) is 0 Å². The van der Waals surface area contributed by atoms with Gasteiger partial charge in [0.2, 0.25) is 0 Å².